The van der Waals surface area contributed by atoms with Gasteiger partial charge in [0.25, 0.3) is 5.91 Å². The molecule has 1 saturated carbocycles. The monoisotopic (exact) mass is 222 g/mol. The number of carbonyl (C=O) groups excluding carboxylic acids is 1. The molecule has 4 N–H and O–H groups in total. The van der Waals surface area contributed by atoms with Crippen LogP contribution < -0.4 is 11.1 Å². The number of carbonyl (C=O) groups is 1. The summed E-state index contributed by atoms with van der Waals surface area (Å²) in [5.74, 6) is 1.65. The standard InChI is InChI=1S/C11H18N4O/c1-7-2-3-8(4-7)6-13-11(16)9-5-10(12)15-14-9/h5,7-8H,2-4,6H2,1H3,(H,13,16)(H3,12,14,15). The molecule has 0 aromatic carbocycles. The summed E-state index contributed by atoms with van der Waals surface area (Å²) >= 11 is 0. The smallest absolute Gasteiger partial charge is 0.269 e. The molecule has 0 aliphatic heterocycles. The van der Waals surface area contributed by atoms with Crippen LogP contribution in [0.15, 0.2) is 6.07 Å². The van der Waals surface area contributed by atoms with Crippen molar-refractivity contribution in [2.24, 2.45) is 11.8 Å². The van der Waals surface area contributed by atoms with E-state index in [0.29, 0.717) is 17.4 Å². The minimum atomic E-state index is -0.122. The lowest BCUT2D eigenvalue weighted by Crippen LogP contribution is -2.28. The number of rotatable bonds is 3. The van der Waals surface area contributed by atoms with Crippen LogP contribution in [0.4, 0.5) is 5.82 Å². The van der Waals surface area contributed by atoms with E-state index in [1.54, 1.807) is 6.07 Å². The van der Waals surface area contributed by atoms with Gasteiger partial charge in [-0.25, -0.2) is 0 Å². The molecule has 2 atom stereocenters. The van der Waals surface area contributed by atoms with E-state index in [4.69, 9.17) is 5.73 Å². The summed E-state index contributed by atoms with van der Waals surface area (Å²) < 4.78 is 0. The van der Waals surface area contributed by atoms with Crippen LogP contribution in [0.1, 0.15) is 36.7 Å². The highest BCUT2D eigenvalue weighted by atomic mass is 16.1. The van der Waals surface area contributed by atoms with Gasteiger partial charge >= 0.3 is 0 Å². The second-order valence-corrected chi connectivity index (χ2v) is 4.70. The lowest BCUT2D eigenvalue weighted by Gasteiger charge is -2.10. The molecule has 1 aliphatic rings. The van der Waals surface area contributed by atoms with E-state index in [-0.39, 0.29) is 5.91 Å². The van der Waals surface area contributed by atoms with Crippen LogP contribution >= 0.6 is 0 Å². The fourth-order valence-electron chi connectivity index (χ4n) is 2.30. The fourth-order valence-corrected chi connectivity index (χ4v) is 2.30. The predicted molar refractivity (Wildman–Crippen MR) is 61.8 cm³/mol. The summed E-state index contributed by atoms with van der Waals surface area (Å²) in [7, 11) is 0. The summed E-state index contributed by atoms with van der Waals surface area (Å²) in [6.07, 6.45) is 3.70. The number of nitrogen functional groups attached to an aromatic ring is 1. The van der Waals surface area contributed by atoms with Crippen LogP contribution in [0.2, 0.25) is 0 Å². The van der Waals surface area contributed by atoms with Gasteiger partial charge < -0.3 is 11.1 Å². The number of hydrogen-bond donors (Lipinski definition) is 3. The Morgan fingerprint density at radius 3 is 3.06 bits per heavy atom. The number of H-pyrrole nitrogens is 1. The molecule has 5 heteroatoms. The first-order chi connectivity index (χ1) is 7.65. The Labute approximate surface area is 94.8 Å². The van der Waals surface area contributed by atoms with E-state index < -0.39 is 0 Å². The number of amides is 1. The summed E-state index contributed by atoms with van der Waals surface area (Å²) in [5.41, 5.74) is 5.86. The molecular formula is C11H18N4O. The van der Waals surface area contributed by atoms with Gasteiger partial charge in [-0.05, 0) is 24.7 Å². The molecule has 0 spiro atoms. The number of aromatic amines is 1. The molecule has 1 aromatic heterocycles. The van der Waals surface area contributed by atoms with E-state index in [0.717, 1.165) is 12.5 Å². The SMILES string of the molecule is CC1CCC(CNC(=O)c2cc(N)n[nH]2)C1. The molecule has 0 saturated heterocycles. The lowest BCUT2D eigenvalue weighted by atomic mass is 10.1. The maximum atomic E-state index is 11.7. The second-order valence-electron chi connectivity index (χ2n) is 4.70. The topological polar surface area (TPSA) is 83.8 Å². The molecule has 0 bridgehead atoms. The van der Waals surface area contributed by atoms with Crippen LogP contribution in [0.5, 0.6) is 0 Å². The largest absolute Gasteiger partial charge is 0.382 e. The summed E-state index contributed by atoms with van der Waals surface area (Å²) in [5, 5.41) is 9.23. The van der Waals surface area contributed by atoms with Crippen molar-refractivity contribution in [3.8, 4) is 0 Å². The normalized spacial score (nSPS) is 24.6. The number of nitrogens with two attached hydrogens (primary N) is 1. The zero-order chi connectivity index (χ0) is 11.5. The number of nitrogens with one attached hydrogen (secondary N) is 2. The molecule has 16 heavy (non-hydrogen) atoms. The van der Waals surface area contributed by atoms with Crippen LogP contribution in [0.3, 0.4) is 0 Å². The molecule has 2 unspecified atom stereocenters. The van der Waals surface area contributed by atoms with Gasteiger partial charge in [-0.1, -0.05) is 13.3 Å². The predicted octanol–water partition coefficient (Wildman–Crippen LogP) is 1.16. The number of nitrogens with zero attached hydrogens (tertiary/aromatic N) is 1. The van der Waals surface area contributed by atoms with Crippen molar-refractivity contribution < 1.29 is 4.79 Å². The van der Waals surface area contributed by atoms with Gasteiger partial charge in [0.1, 0.15) is 11.5 Å². The van der Waals surface area contributed by atoms with E-state index in [1.165, 1.54) is 19.3 Å². The molecule has 88 valence electrons. The summed E-state index contributed by atoms with van der Waals surface area (Å²) in [6.45, 7) is 3.01. The minimum absolute atomic E-state index is 0.122. The lowest BCUT2D eigenvalue weighted by molar-refractivity contribution is 0.0942. The Kier molecular flexibility index (Phi) is 3.12. The maximum Gasteiger partial charge on any atom is 0.269 e. The van der Waals surface area contributed by atoms with Crippen molar-refractivity contribution in [2.75, 3.05) is 12.3 Å². The van der Waals surface area contributed by atoms with Crippen LogP contribution in [-0.4, -0.2) is 22.6 Å². The maximum absolute atomic E-state index is 11.7. The molecule has 1 aromatic rings. The van der Waals surface area contributed by atoms with Gasteiger partial charge in [-0.2, -0.15) is 5.10 Å². The molecule has 1 amide bonds. The number of aromatic nitrogens is 2. The van der Waals surface area contributed by atoms with Crippen molar-refractivity contribution in [1.29, 1.82) is 0 Å². The molecule has 5 nitrogen and oxygen atoms in total. The first-order valence-electron chi connectivity index (χ1n) is 5.74. The average Bonchev–Trinajstić information content (AvgIpc) is 2.84. The Bertz CT molecular complexity index is 374. The van der Waals surface area contributed by atoms with Crippen LogP contribution in [0.25, 0.3) is 0 Å². The fraction of sp³-hybridized carbons (Fsp3) is 0.636. The van der Waals surface area contributed by atoms with Gasteiger partial charge in [0, 0.05) is 12.6 Å². The minimum Gasteiger partial charge on any atom is -0.382 e. The Morgan fingerprint density at radius 1 is 1.69 bits per heavy atom. The molecule has 1 heterocycles. The van der Waals surface area contributed by atoms with Gasteiger partial charge in [0.2, 0.25) is 0 Å². The van der Waals surface area contributed by atoms with Gasteiger partial charge in [-0.3, -0.25) is 9.89 Å². The highest BCUT2D eigenvalue weighted by Gasteiger charge is 2.21. The zero-order valence-corrected chi connectivity index (χ0v) is 9.49. The second kappa shape index (κ2) is 4.55. The van der Waals surface area contributed by atoms with Crippen molar-refractivity contribution in [2.45, 2.75) is 26.2 Å². The molecule has 2 rings (SSSR count). The van der Waals surface area contributed by atoms with E-state index in [9.17, 15) is 4.79 Å². The van der Waals surface area contributed by atoms with Crippen molar-refractivity contribution in [3.63, 3.8) is 0 Å². The van der Waals surface area contributed by atoms with Crippen molar-refractivity contribution >= 4 is 11.7 Å². The quantitative estimate of drug-likeness (QED) is 0.717. The van der Waals surface area contributed by atoms with E-state index in [2.05, 4.69) is 22.4 Å². The molecule has 0 radical (unpaired) electrons. The van der Waals surface area contributed by atoms with Crippen LogP contribution in [0, 0.1) is 11.8 Å². The third-order valence-corrected chi connectivity index (χ3v) is 3.20. The Morgan fingerprint density at radius 2 is 2.50 bits per heavy atom. The first kappa shape index (κ1) is 11.0. The molecular weight excluding hydrogens is 204 g/mol. The van der Waals surface area contributed by atoms with Crippen molar-refractivity contribution in [1.82, 2.24) is 15.5 Å². The first-order valence-corrected chi connectivity index (χ1v) is 5.74. The highest BCUT2D eigenvalue weighted by Crippen LogP contribution is 2.29. The summed E-state index contributed by atoms with van der Waals surface area (Å²) in [4.78, 5) is 11.7. The van der Waals surface area contributed by atoms with Gasteiger partial charge in [0.05, 0.1) is 0 Å². The Balaban J connectivity index is 1.80. The Hall–Kier alpha value is -1.52. The average molecular weight is 222 g/mol. The molecule has 1 fully saturated rings. The zero-order valence-electron chi connectivity index (χ0n) is 9.49. The number of anilines is 1. The van der Waals surface area contributed by atoms with Crippen molar-refractivity contribution in [3.05, 3.63) is 11.8 Å². The van der Waals surface area contributed by atoms with E-state index in [1.807, 2.05) is 0 Å². The third kappa shape index (κ3) is 2.53. The third-order valence-electron chi connectivity index (χ3n) is 3.20. The van der Waals surface area contributed by atoms with E-state index >= 15 is 0 Å². The van der Waals surface area contributed by atoms with Gasteiger partial charge in [0.15, 0.2) is 0 Å². The summed E-state index contributed by atoms with van der Waals surface area (Å²) in [6, 6.07) is 1.55. The number of hydrogen-bond acceptors (Lipinski definition) is 3. The van der Waals surface area contributed by atoms with Crippen LogP contribution in [-0.2, 0) is 0 Å². The highest BCUT2D eigenvalue weighted by molar-refractivity contribution is 5.92. The molecule has 1 aliphatic carbocycles. The van der Waals surface area contributed by atoms with Gasteiger partial charge in [-0.15, -0.1) is 0 Å².